The van der Waals surface area contributed by atoms with E-state index < -0.39 is 0 Å². The number of fused-ring (bicyclic) bond motifs is 3. The van der Waals surface area contributed by atoms with E-state index in [0.717, 1.165) is 22.7 Å². The highest BCUT2D eigenvalue weighted by atomic mass is 15.1. The highest BCUT2D eigenvalue weighted by molar-refractivity contribution is 6.10. The summed E-state index contributed by atoms with van der Waals surface area (Å²) in [7, 11) is 0. The first kappa shape index (κ1) is 33.2. The number of aromatic nitrogens is 1. The number of hydrogen-bond acceptors (Lipinski definition) is 1. The third kappa shape index (κ3) is 6.24. The summed E-state index contributed by atoms with van der Waals surface area (Å²) in [6.45, 7) is 0. The van der Waals surface area contributed by atoms with E-state index in [4.69, 9.17) is 0 Å². The molecular weight excluding hydrogens is 677 g/mol. The van der Waals surface area contributed by atoms with Gasteiger partial charge < -0.3 is 9.47 Å². The molecule has 0 aliphatic heterocycles. The molecule has 10 rings (SSSR count). The molecule has 1 heterocycles. The van der Waals surface area contributed by atoms with Crippen LogP contribution >= 0.6 is 0 Å². The number of nitrogens with zero attached hydrogens (tertiary/aromatic N) is 2. The molecule has 0 radical (unpaired) electrons. The minimum Gasteiger partial charge on any atom is -0.311 e. The first-order chi connectivity index (χ1) is 27.8. The lowest BCUT2D eigenvalue weighted by Crippen LogP contribution is -2.09. The Morgan fingerprint density at radius 2 is 0.643 bits per heavy atom. The van der Waals surface area contributed by atoms with Gasteiger partial charge in [0.05, 0.1) is 11.0 Å². The van der Waals surface area contributed by atoms with Crippen LogP contribution in [0.15, 0.2) is 231 Å². The molecule has 0 aliphatic rings. The van der Waals surface area contributed by atoms with Crippen LogP contribution in [-0.4, -0.2) is 4.57 Å². The van der Waals surface area contributed by atoms with Gasteiger partial charge in [-0.15, -0.1) is 0 Å². The second-order valence-corrected chi connectivity index (χ2v) is 14.2. The third-order valence-electron chi connectivity index (χ3n) is 10.8. The third-order valence-corrected chi connectivity index (χ3v) is 10.8. The van der Waals surface area contributed by atoms with Gasteiger partial charge in [0.15, 0.2) is 0 Å². The molecule has 10 aromatic rings. The van der Waals surface area contributed by atoms with Gasteiger partial charge in [-0.3, -0.25) is 0 Å². The van der Waals surface area contributed by atoms with Crippen LogP contribution in [0.5, 0.6) is 0 Å². The molecule has 0 aliphatic carbocycles. The zero-order valence-electron chi connectivity index (χ0n) is 30.8. The molecule has 0 saturated carbocycles. The Hall–Kier alpha value is -7.42. The van der Waals surface area contributed by atoms with Crippen LogP contribution in [0.3, 0.4) is 0 Å². The van der Waals surface area contributed by atoms with Crippen molar-refractivity contribution in [2.75, 3.05) is 4.90 Å². The average Bonchev–Trinajstić information content (AvgIpc) is 3.62. The Morgan fingerprint density at radius 1 is 0.250 bits per heavy atom. The van der Waals surface area contributed by atoms with Gasteiger partial charge in [-0.25, -0.2) is 0 Å². The maximum absolute atomic E-state index is 2.40. The van der Waals surface area contributed by atoms with Gasteiger partial charge >= 0.3 is 0 Å². The SMILES string of the molecule is c1ccc(-c2ccc(N(c3ccccc3)c3ccc(-c4cccc(-c5ccc6c7ccccc7n(-c7ccc(-c8ccccc8)cc7)c6c5)c4)cc3)cc2)cc1. The van der Waals surface area contributed by atoms with E-state index in [-0.39, 0.29) is 0 Å². The van der Waals surface area contributed by atoms with Crippen molar-refractivity contribution in [3.05, 3.63) is 231 Å². The zero-order chi connectivity index (χ0) is 37.3. The molecule has 9 aromatic carbocycles. The molecule has 0 amide bonds. The van der Waals surface area contributed by atoms with Gasteiger partial charge in [0.25, 0.3) is 0 Å². The Balaban J connectivity index is 0.986. The van der Waals surface area contributed by atoms with Gasteiger partial charge in [0.1, 0.15) is 0 Å². The smallest absolute Gasteiger partial charge is 0.0547 e. The Morgan fingerprint density at radius 3 is 1.25 bits per heavy atom. The number of benzene rings is 9. The summed E-state index contributed by atoms with van der Waals surface area (Å²) in [5, 5.41) is 2.51. The molecular formula is C54H38N2. The van der Waals surface area contributed by atoms with Crippen LogP contribution in [0.2, 0.25) is 0 Å². The van der Waals surface area contributed by atoms with E-state index in [1.165, 1.54) is 66.3 Å². The second-order valence-electron chi connectivity index (χ2n) is 14.2. The zero-order valence-corrected chi connectivity index (χ0v) is 30.8. The summed E-state index contributed by atoms with van der Waals surface area (Å²) in [4.78, 5) is 2.32. The summed E-state index contributed by atoms with van der Waals surface area (Å²) in [5.74, 6) is 0. The maximum Gasteiger partial charge on any atom is 0.0547 e. The summed E-state index contributed by atoms with van der Waals surface area (Å²) in [6.07, 6.45) is 0. The monoisotopic (exact) mass is 714 g/mol. The van der Waals surface area contributed by atoms with Crippen LogP contribution in [0.25, 0.3) is 72.0 Å². The molecule has 0 bridgehead atoms. The summed E-state index contributed by atoms with van der Waals surface area (Å²) in [6, 6.07) is 82.9. The van der Waals surface area contributed by atoms with E-state index in [2.05, 4.69) is 240 Å². The van der Waals surface area contributed by atoms with Crippen molar-refractivity contribution in [2.24, 2.45) is 0 Å². The van der Waals surface area contributed by atoms with E-state index in [1.807, 2.05) is 0 Å². The predicted octanol–water partition coefficient (Wildman–Crippen LogP) is 14.9. The molecule has 0 unspecified atom stereocenters. The first-order valence-electron chi connectivity index (χ1n) is 19.2. The predicted molar refractivity (Wildman–Crippen MR) is 237 cm³/mol. The van der Waals surface area contributed by atoms with Crippen molar-refractivity contribution in [2.45, 2.75) is 0 Å². The van der Waals surface area contributed by atoms with Gasteiger partial charge in [-0.1, -0.05) is 164 Å². The standard InChI is InChI=1S/C54H38N2/c1-4-13-39(14-5-1)41-23-30-48(31-24-41)55(47-19-8-3-9-20-47)49-32-27-43(28-33-49)44-17-12-18-45(37-44)46-29-36-52-51-21-10-11-22-53(51)56(54(52)38-46)50-34-25-42(26-35-50)40-15-6-2-7-16-40/h1-38H. The van der Waals surface area contributed by atoms with E-state index in [9.17, 15) is 0 Å². The lowest BCUT2D eigenvalue weighted by molar-refractivity contribution is 1.18. The number of hydrogen-bond donors (Lipinski definition) is 0. The maximum atomic E-state index is 2.40. The quantitative estimate of drug-likeness (QED) is 0.152. The molecule has 2 heteroatoms. The second kappa shape index (κ2) is 14.4. The van der Waals surface area contributed by atoms with Crippen LogP contribution in [0.1, 0.15) is 0 Å². The molecule has 0 N–H and O–H groups in total. The number of rotatable bonds is 8. The van der Waals surface area contributed by atoms with Crippen LogP contribution in [-0.2, 0) is 0 Å². The average molecular weight is 715 g/mol. The van der Waals surface area contributed by atoms with Crippen LogP contribution in [0.4, 0.5) is 17.1 Å². The van der Waals surface area contributed by atoms with Crippen molar-refractivity contribution in [1.29, 1.82) is 0 Å². The van der Waals surface area contributed by atoms with Crippen molar-refractivity contribution in [3.8, 4) is 50.2 Å². The Kier molecular flexibility index (Phi) is 8.55. The summed E-state index contributed by atoms with van der Waals surface area (Å²) in [5.41, 5.74) is 16.5. The largest absolute Gasteiger partial charge is 0.311 e. The molecule has 56 heavy (non-hydrogen) atoms. The fourth-order valence-corrected chi connectivity index (χ4v) is 8.00. The minimum absolute atomic E-state index is 1.11. The van der Waals surface area contributed by atoms with Crippen LogP contribution < -0.4 is 4.90 Å². The van der Waals surface area contributed by atoms with E-state index >= 15 is 0 Å². The number of para-hydroxylation sites is 2. The molecule has 1 aromatic heterocycles. The molecule has 0 atom stereocenters. The normalized spacial score (nSPS) is 11.2. The van der Waals surface area contributed by atoms with Crippen molar-refractivity contribution < 1.29 is 0 Å². The van der Waals surface area contributed by atoms with Crippen molar-refractivity contribution in [3.63, 3.8) is 0 Å². The fourth-order valence-electron chi connectivity index (χ4n) is 8.00. The van der Waals surface area contributed by atoms with Gasteiger partial charge in [0.2, 0.25) is 0 Å². The Bertz CT molecular complexity index is 2910. The van der Waals surface area contributed by atoms with Gasteiger partial charge in [-0.2, -0.15) is 0 Å². The van der Waals surface area contributed by atoms with Gasteiger partial charge in [-0.05, 0) is 111 Å². The minimum atomic E-state index is 1.11. The molecule has 264 valence electrons. The summed E-state index contributed by atoms with van der Waals surface area (Å²) < 4.78 is 2.40. The highest BCUT2D eigenvalue weighted by Crippen LogP contribution is 2.39. The lowest BCUT2D eigenvalue weighted by Gasteiger charge is -2.26. The molecule has 0 saturated heterocycles. The molecule has 0 spiro atoms. The first-order valence-corrected chi connectivity index (χ1v) is 19.2. The topological polar surface area (TPSA) is 8.17 Å². The lowest BCUT2D eigenvalue weighted by atomic mass is 9.98. The van der Waals surface area contributed by atoms with Crippen molar-refractivity contribution >= 4 is 38.9 Å². The van der Waals surface area contributed by atoms with Crippen LogP contribution in [0, 0.1) is 0 Å². The molecule has 0 fully saturated rings. The van der Waals surface area contributed by atoms with E-state index in [1.54, 1.807) is 0 Å². The van der Waals surface area contributed by atoms with Crippen molar-refractivity contribution in [1.82, 2.24) is 4.57 Å². The fraction of sp³-hybridized carbons (Fsp3) is 0. The van der Waals surface area contributed by atoms with E-state index in [0.29, 0.717) is 0 Å². The Labute approximate surface area is 327 Å². The highest BCUT2D eigenvalue weighted by Gasteiger charge is 2.15. The number of anilines is 3. The summed E-state index contributed by atoms with van der Waals surface area (Å²) >= 11 is 0. The molecule has 2 nitrogen and oxygen atoms in total. The van der Waals surface area contributed by atoms with Gasteiger partial charge in [0, 0.05) is 33.5 Å².